The van der Waals surface area contributed by atoms with Gasteiger partial charge >= 0.3 is 11.9 Å². The molecule has 0 aliphatic carbocycles. The first-order valence-corrected chi connectivity index (χ1v) is 5.53. The maximum atomic E-state index is 11.9. The first-order valence-electron chi connectivity index (χ1n) is 5.53. The predicted octanol–water partition coefficient (Wildman–Crippen LogP) is -0.240. The van der Waals surface area contributed by atoms with Crippen LogP contribution in [0.2, 0.25) is 0 Å². The van der Waals surface area contributed by atoms with Gasteiger partial charge < -0.3 is 14.8 Å². The number of carbonyl (C=O) groups excluding carboxylic acids is 3. The van der Waals surface area contributed by atoms with Gasteiger partial charge in [-0.1, -0.05) is 6.92 Å². The third-order valence-corrected chi connectivity index (χ3v) is 3.93. The maximum absolute atomic E-state index is 11.9. The minimum atomic E-state index is -1.27. The summed E-state index contributed by atoms with van der Waals surface area (Å²) in [6.45, 7) is 3.36. The van der Waals surface area contributed by atoms with Crippen molar-refractivity contribution in [3.05, 3.63) is 0 Å². The van der Waals surface area contributed by atoms with Gasteiger partial charge in [-0.3, -0.25) is 9.59 Å². The van der Waals surface area contributed by atoms with E-state index in [1.54, 1.807) is 13.8 Å². The average molecular weight is 241 g/mol. The molecule has 0 aromatic carbocycles. The molecular formula is C11H15NO5. The van der Waals surface area contributed by atoms with Crippen LogP contribution in [0.1, 0.15) is 26.7 Å². The summed E-state index contributed by atoms with van der Waals surface area (Å²) < 4.78 is 9.99. The number of methoxy groups -OCH3 is 1. The van der Waals surface area contributed by atoms with Crippen LogP contribution in [-0.2, 0) is 23.9 Å². The molecule has 2 aliphatic rings. The van der Waals surface area contributed by atoms with E-state index in [1.165, 1.54) is 7.11 Å². The second-order valence-electron chi connectivity index (χ2n) is 4.58. The van der Waals surface area contributed by atoms with Crippen LogP contribution in [-0.4, -0.2) is 36.1 Å². The Balaban J connectivity index is 2.51. The Bertz CT molecular complexity index is 407. The summed E-state index contributed by atoms with van der Waals surface area (Å²) in [4.78, 5) is 35.2. The van der Waals surface area contributed by atoms with Crippen LogP contribution in [0.3, 0.4) is 0 Å². The molecule has 2 aliphatic heterocycles. The van der Waals surface area contributed by atoms with Gasteiger partial charge in [0.25, 0.3) is 0 Å². The second kappa shape index (κ2) is 3.45. The minimum Gasteiger partial charge on any atom is -0.467 e. The van der Waals surface area contributed by atoms with E-state index < -0.39 is 29.0 Å². The molecule has 0 aromatic rings. The summed E-state index contributed by atoms with van der Waals surface area (Å²) in [6.07, 6.45) is 0.326. The highest BCUT2D eigenvalue weighted by molar-refractivity contribution is 5.99. The van der Waals surface area contributed by atoms with Crippen LogP contribution in [0.15, 0.2) is 0 Å². The third kappa shape index (κ3) is 1.23. The van der Waals surface area contributed by atoms with Crippen molar-refractivity contribution in [2.45, 2.75) is 37.8 Å². The molecule has 2 saturated heterocycles. The van der Waals surface area contributed by atoms with Crippen molar-refractivity contribution in [1.82, 2.24) is 5.32 Å². The number of carbonyl (C=O) groups is 3. The van der Waals surface area contributed by atoms with Crippen molar-refractivity contribution in [2.75, 3.05) is 7.11 Å². The van der Waals surface area contributed by atoms with E-state index in [1.807, 2.05) is 0 Å². The highest BCUT2D eigenvalue weighted by Gasteiger charge is 2.71. The summed E-state index contributed by atoms with van der Waals surface area (Å²) in [5.74, 6) is -1.97. The molecule has 6 heteroatoms. The van der Waals surface area contributed by atoms with Crippen LogP contribution in [0.25, 0.3) is 0 Å². The van der Waals surface area contributed by atoms with Crippen LogP contribution in [0, 0.1) is 5.92 Å². The highest BCUT2D eigenvalue weighted by Crippen LogP contribution is 2.48. The number of hydrogen-bond acceptors (Lipinski definition) is 5. The van der Waals surface area contributed by atoms with Gasteiger partial charge in [-0.25, -0.2) is 4.79 Å². The summed E-state index contributed by atoms with van der Waals surface area (Å²) in [5, 5.41) is 2.64. The van der Waals surface area contributed by atoms with E-state index in [9.17, 15) is 14.4 Å². The zero-order valence-electron chi connectivity index (χ0n) is 10.0. The first-order chi connectivity index (χ1) is 7.91. The van der Waals surface area contributed by atoms with Gasteiger partial charge in [-0.2, -0.15) is 0 Å². The van der Waals surface area contributed by atoms with Gasteiger partial charge in [0.05, 0.1) is 19.4 Å². The first kappa shape index (κ1) is 11.9. The molecule has 94 valence electrons. The van der Waals surface area contributed by atoms with E-state index in [2.05, 4.69) is 5.32 Å². The van der Waals surface area contributed by atoms with Crippen molar-refractivity contribution < 1.29 is 23.9 Å². The molecule has 0 aromatic heterocycles. The topological polar surface area (TPSA) is 81.7 Å². The fourth-order valence-corrected chi connectivity index (χ4v) is 2.87. The zero-order chi connectivity index (χ0) is 12.8. The lowest BCUT2D eigenvalue weighted by Crippen LogP contribution is -2.62. The molecule has 2 fully saturated rings. The molecule has 0 spiro atoms. The van der Waals surface area contributed by atoms with E-state index >= 15 is 0 Å². The van der Waals surface area contributed by atoms with Gasteiger partial charge in [-0.15, -0.1) is 0 Å². The largest absolute Gasteiger partial charge is 0.467 e. The van der Waals surface area contributed by atoms with Crippen LogP contribution in [0.4, 0.5) is 0 Å². The molecule has 6 nitrogen and oxygen atoms in total. The van der Waals surface area contributed by atoms with Gasteiger partial charge in [0.2, 0.25) is 5.91 Å². The minimum absolute atomic E-state index is 0.0150. The maximum Gasteiger partial charge on any atom is 0.335 e. The highest BCUT2D eigenvalue weighted by atomic mass is 16.6. The Morgan fingerprint density at radius 2 is 2.24 bits per heavy atom. The van der Waals surface area contributed by atoms with E-state index in [0.717, 1.165) is 0 Å². The molecule has 2 rings (SSSR count). The molecule has 2 heterocycles. The molecule has 0 unspecified atom stereocenters. The molecule has 0 radical (unpaired) electrons. The molecule has 1 amide bonds. The number of hydrogen-bond donors (Lipinski definition) is 1. The van der Waals surface area contributed by atoms with Crippen molar-refractivity contribution in [1.29, 1.82) is 0 Å². The number of ether oxygens (including phenoxy) is 2. The lowest BCUT2D eigenvalue weighted by molar-refractivity contribution is -0.167. The van der Waals surface area contributed by atoms with E-state index in [0.29, 0.717) is 6.42 Å². The summed E-state index contributed by atoms with van der Waals surface area (Å²) in [7, 11) is 1.25. The smallest absolute Gasteiger partial charge is 0.335 e. The van der Waals surface area contributed by atoms with Crippen LogP contribution < -0.4 is 5.32 Å². The summed E-state index contributed by atoms with van der Waals surface area (Å²) >= 11 is 0. The van der Waals surface area contributed by atoms with Crippen LogP contribution in [0.5, 0.6) is 0 Å². The number of nitrogens with one attached hydrogen (secondary N) is 1. The predicted molar refractivity (Wildman–Crippen MR) is 55.8 cm³/mol. The fraction of sp³-hybridized carbons (Fsp3) is 0.727. The quantitative estimate of drug-likeness (QED) is 0.675. The Morgan fingerprint density at radius 3 is 2.76 bits per heavy atom. The van der Waals surface area contributed by atoms with Gasteiger partial charge in [0, 0.05) is 0 Å². The number of amides is 1. The SMILES string of the molecule is CC[C@@]1(C(=O)OC)NC(=O)[C@@H]2CC(=O)O[C@@]21C. The Labute approximate surface area is 98.6 Å². The standard InChI is InChI=1S/C11H15NO5/c1-4-11(9(15)16-3)10(2)6(8(14)12-11)5-7(13)17-10/h6H,4-5H2,1-3H3,(H,12,14)/t6-,10-,11-/m0/s1. The Morgan fingerprint density at radius 1 is 1.59 bits per heavy atom. The van der Waals surface area contributed by atoms with E-state index in [4.69, 9.17) is 9.47 Å². The Kier molecular flexibility index (Phi) is 2.41. The normalized spacial score (nSPS) is 39.6. The summed E-state index contributed by atoms with van der Waals surface area (Å²) in [5.41, 5.74) is -2.42. The van der Waals surface area contributed by atoms with Crippen LogP contribution >= 0.6 is 0 Å². The molecule has 3 atom stereocenters. The lowest BCUT2D eigenvalue weighted by Gasteiger charge is -2.37. The second-order valence-corrected chi connectivity index (χ2v) is 4.58. The number of esters is 2. The Hall–Kier alpha value is -1.59. The number of fused-ring (bicyclic) bond motifs is 1. The monoisotopic (exact) mass is 241 g/mol. The van der Waals surface area contributed by atoms with Gasteiger partial charge in [-0.05, 0) is 13.3 Å². The lowest BCUT2D eigenvalue weighted by atomic mass is 9.75. The molecule has 17 heavy (non-hydrogen) atoms. The van der Waals surface area contributed by atoms with Crippen molar-refractivity contribution >= 4 is 17.8 Å². The molecule has 0 saturated carbocycles. The zero-order valence-corrected chi connectivity index (χ0v) is 10.0. The molecule has 1 N–H and O–H groups in total. The molecular weight excluding hydrogens is 226 g/mol. The summed E-state index contributed by atoms with van der Waals surface area (Å²) in [6, 6.07) is 0. The van der Waals surface area contributed by atoms with Crippen molar-refractivity contribution in [3.63, 3.8) is 0 Å². The molecule has 0 bridgehead atoms. The number of rotatable bonds is 2. The van der Waals surface area contributed by atoms with Crippen molar-refractivity contribution in [3.8, 4) is 0 Å². The third-order valence-electron chi connectivity index (χ3n) is 3.93. The van der Waals surface area contributed by atoms with E-state index in [-0.39, 0.29) is 12.3 Å². The fourth-order valence-electron chi connectivity index (χ4n) is 2.87. The van der Waals surface area contributed by atoms with Gasteiger partial charge in [0.1, 0.15) is 0 Å². The average Bonchev–Trinajstić information content (AvgIpc) is 2.70. The van der Waals surface area contributed by atoms with Gasteiger partial charge in [0.15, 0.2) is 11.1 Å². The van der Waals surface area contributed by atoms with Crippen molar-refractivity contribution in [2.24, 2.45) is 5.92 Å².